The molecule has 0 unspecified atom stereocenters. The van der Waals surface area contributed by atoms with Gasteiger partial charge < -0.3 is 19.9 Å². The SMILES string of the molecule is COC(=O)C1CCN(C(=O)c2ccsc2NC(=O)c2ccc(C(=O)N3CCCCC3)cc2)CC1. The van der Waals surface area contributed by atoms with Gasteiger partial charge in [-0.15, -0.1) is 11.3 Å². The number of benzene rings is 1. The number of carbonyl (C=O) groups excluding carboxylic acids is 4. The second-order valence-electron chi connectivity index (χ2n) is 8.64. The summed E-state index contributed by atoms with van der Waals surface area (Å²) in [6, 6.07) is 8.34. The molecule has 180 valence electrons. The minimum absolute atomic E-state index is 0.00577. The number of ether oxygens (including phenoxy) is 1. The van der Waals surface area contributed by atoms with Crippen molar-refractivity contribution in [3.8, 4) is 0 Å². The zero-order valence-corrected chi connectivity index (χ0v) is 20.1. The van der Waals surface area contributed by atoms with Gasteiger partial charge in [0.1, 0.15) is 5.00 Å². The summed E-state index contributed by atoms with van der Waals surface area (Å²) in [5, 5.41) is 5.09. The normalized spacial score (nSPS) is 16.7. The van der Waals surface area contributed by atoms with Crippen LogP contribution in [0.4, 0.5) is 5.00 Å². The number of thiophene rings is 1. The van der Waals surface area contributed by atoms with E-state index >= 15 is 0 Å². The maximum atomic E-state index is 13.0. The first kappa shape index (κ1) is 23.9. The highest BCUT2D eigenvalue weighted by Crippen LogP contribution is 2.28. The number of piperidine rings is 2. The molecule has 8 nitrogen and oxygen atoms in total. The monoisotopic (exact) mass is 483 g/mol. The third-order valence-corrected chi connectivity index (χ3v) is 7.31. The van der Waals surface area contributed by atoms with Gasteiger partial charge in [0.15, 0.2) is 0 Å². The second-order valence-corrected chi connectivity index (χ2v) is 9.55. The van der Waals surface area contributed by atoms with E-state index in [4.69, 9.17) is 4.74 Å². The Bertz CT molecular complexity index is 1050. The van der Waals surface area contributed by atoms with E-state index in [0.29, 0.717) is 47.6 Å². The fourth-order valence-corrected chi connectivity index (χ4v) is 5.22. The number of nitrogens with one attached hydrogen (secondary N) is 1. The molecule has 2 fully saturated rings. The number of anilines is 1. The van der Waals surface area contributed by atoms with E-state index in [2.05, 4.69) is 5.32 Å². The van der Waals surface area contributed by atoms with Gasteiger partial charge in [0.25, 0.3) is 17.7 Å². The molecule has 1 N–H and O–H groups in total. The molecule has 9 heteroatoms. The Morgan fingerprint density at radius 3 is 2.12 bits per heavy atom. The van der Waals surface area contributed by atoms with Crippen LogP contribution in [-0.4, -0.2) is 66.8 Å². The highest BCUT2D eigenvalue weighted by molar-refractivity contribution is 7.14. The van der Waals surface area contributed by atoms with Gasteiger partial charge in [0.2, 0.25) is 0 Å². The summed E-state index contributed by atoms with van der Waals surface area (Å²) >= 11 is 1.29. The number of methoxy groups -OCH3 is 1. The summed E-state index contributed by atoms with van der Waals surface area (Å²) in [6.07, 6.45) is 4.33. The molecule has 0 radical (unpaired) electrons. The topological polar surface area (TPSA) is 96.0 Å². The average Bonchev–Trinajstić information content (AvgIpc) is 3.36. The van der Waals surface area contributed by atoms with Crippen molar-refractivity contribution < 1.29 is 23.9 Å². The van der Waals surface area contributed by atoms with Crippen LogP contribution in [-0.2, 0) is 9.53 Å². The van der Waals surface area contributed by atoms with E-state index in [0.717, 1.165) is 32.4 Å². The molecule has 2 aliphatic rings. The quantitative estimate of drug-likeness (QED) is 0.655. The number of rotatable bonds is 5. The van der Waals surface area contributed by atoms with E-state index in [1.165, 1.54) is 18.4 Å². The number of esters is 1. The van der Waals surface area contributed by atoms with Crippen LogP contribution in [0, 0.1) is 5.92 Å². The van der Waals surface area contributed by atoms with Gasteiger partial charge in [0, 0.05) is 37.3 Å². The number of likely N-dealkylation sites (tertiary alicyclic amines) is 2. The third kappa shape index (κ3) is 5.30. The summed E-state index contributed by atoms with van der Waals surface area (Å²) in [5.41, 5.74) is 1.42. The molecular formula is C25H29N3O5S. The fourth-order valence-electron chi connectivity index (χ4n) is 4.45. The van der Waals surface area contributed by atoms with Crippen LogP contribution in [0.1, 0.15) is 63.2 Å². The Morgan fingerprint density at radius 1 is 0.853 bits per heavy atom. The Kier molecular flexibility index (Phi) is 7.62. The molecule has 1 aromatic heterocycles. The highest BCUT2D eigenvalue weighted by atomic mass is 32.1. The second kappa shape index (κ2) is 10.8. The minimum atomic E-state index is -0.335. The molecule has 3 heterocycles. The fraction of sp³-hybridized carbons (Fsp3) is 0.440. The van der Waals surface area contributed by atoms with Gasteiger partial charge in [-0.05, 0) is 67.8 Å². The van der Waals surface area contributed by atoms with Crippen LogP contribution in [0.5, 0.6) is 0 Å². The molecule has 0 aliphatic carbocycles. The molecule has 1 aromatic carbocycles. The summed E-state index contributed by atoms with van der Waals surface area (Å²) < 4.78 is 4.80. The van der Waals surface area contributed by atoms with Crippen LogP contribution in [0.2, 0.25) is 0 Å². The lowest BCUT2D eigenvalue weighted by Gasteiger charge is -2.30. The molecule has 2 saturated heterocycles. The van der Waals surface area contributed by atoms with Gasteiger partial charge in [-0.3, -0.25) is 19.2 Å². The molecule has 3 amide bonds. The number of nitrogens with zero attached hydrogens (tertiary/aromatic N) is 2. The van der Waals surface area contributed by atoms with Crippen LogP contribution >= 0.6 is 11.3 Å². The van der Waals surface area contributed by atoms with Crippen LogP contribution in [0.25, 0.3) is 0 Å². The van der Waals surface area contributed by atoms with E-state index in [-0.39, 0.29) is 29.6 Å². The summed E-state index contributed by atoms with van der Waals surface area (Å²) in [4.78, 5) is 53.8. The van der Waals surface area contributed by atoms with Crippen LogP contribution in [0.3, 0.4) is 0 Å². The Labute approximate surface area is 202 Å². The number of hydrogen-bond donors (Lipinski definition) is 1. The lowest BCUT2D eigenvalue weighted by Crippen LogP contribution is -2.40. The summed E-state index contributed by atoms with van der Waals surface area (Å²) in [7, 11) is 1.38. The van der Waals surface area contributed by atoms with Gasteiger partial charge >= 0.3 is 5.97 Å². The van der Waals surface area contributed by atoms with Crippen LogP contribution < -0.4 is 5.32 Å². The average molecular weight is 484 g/mol. The molecule has 0 atom stereocenters. The van der Waals surface area contributed by atoms with Crippen molar-refractivity contribution in [3.63, 3.8) is 0 Å². The Morgan fingerprint density at radius 2 is 1.47 bits per heavy atom. The largest absolute Gasteiger partial charge is 0.469 e. The van der Waals surface area contributed by atoms with Gasteiger partial charge in [-0.2, -0.15) is 0 Å². The zero-order valence-electron chi connectivity index (χ0n) is 19.2. The first-order chi connectivity index (χ1) is 16.5. The minimum Gasteiger partial charge on any atom is -0.469 e. The van der Waals surface area contributed by atoms with Crippen molar-refractivity contribution in [3.05, 3.63) is 52.4 Å². The summed E-state index contributed by atoms with van der Waals surface area (Å²) in [5.74, 6) is -0.923. The number of hydrogen-bond acceptors (Lipinski definition) is 6. The maximum Gasteiger partial charge on any atom is 0.308 e. The summed E-state index contributed by atoms with van der Waals surface area (Å²) in [6.45, 7) is 2.48. The van der Waals surface area contributed by atoms with Crippen molar-refractivity contribution in [2.75, 3.05) is 38.6 Å². The first-order valence-electron chi connectivity index (χ1n) is 11.6. The third-order valence-electron chi connectivity index (χ3n) is 6.48. The Balaban J connectivity index is 1.37. The molecule has 34 heavy (non-hydrogen) atoms. The smallest absolute Gasteiger partial charge is 0.308 e. The maximum absolute atomic E-state index is 13.0. The van der Waals surface area contributed by atoms with E-state index < -0.39 is 0 Å². The molecular weight excluding hydrogens is 454 g/mol. The van der Waals surface area contributed by atoms with Gasteiger partial charge in [-0.1, -0.05) is 0 Å². The lowest BCUT2D eigenvalue weighted by atomic mass is 9.96. The predicted molar refractivity (Wildman–Crippen MR) is 129 cm³/mol. The Hall–Kier alpha value is -3.20. The van der Waals surface area contributed by atoms with E-state index in [1.807, 2.05) is 4.90 Å². The molecule has 2 aromatic rings. The molecule has 0 bridgehead atoms. The van der Waals surface area contributed by atoms with Gasteiger partial charge in [0.05, 0.1) is 18.6 Å². The zero-order chi connectivity index (χ0) is 24.1. The molecule has 4 rings (SSSR count). The standard InChI is InChI=1S/C25H29N3O5S/c1-33-25(32)19-9-14-28(15-10-19)24(31)20-11-16-34-22(20)26-21(29)17-5-7-18(8-6-17)23(30)27-12-3-2-4-13-27/h5-8,11,16,19H,2-4,9-10,12-15H2,1H3,(H,26,29). The van der Waals surface area contributed by atoms with Crippen molar-refractivity contribution in [1.29, 1.82) is 0 Å². The number of carbonyl (C=O) groups is 4. The molecule has 2 aliphatic heterocycles. The van der Waals surface area contributed by atoms with Crippen molar-refractivity contribution in [2.24, 2.45) is 5.92 Å². The first-order valence-corrected chi connectivity index (χ1v) is 12.5. The predicted octanol–water partition coefficient (Wildman–Crippen LogP) is 3.65. The highest BCUT2D eigenvalue weighted by Gasteiger charge is 2.30. The number of amides is 3. The molecule has 0 spiro atoms. The van der Waals surface area contributed by atoms with E-state index in [9.17, 15) is 19.2 Å². The molecule has 0 saturated carbocycles. The lowest BCUT2D eigenvalue weighted by molar-refractivity contribution is -0.146. The van der Waals surface area contributed by atoms with E-state index in [1.54, 1.807) is 40.6 Å². The van der Waals surface area contributed by atoms with Gasteiger partial charge in [-0.25, -0.2) is 0 Å². The van der Waals surface area contributed by atoms with Crippen molar-refractivity contribution >= 4 is 40.0 Å². The van der Waals surface area contributed by atoms with Crippen molar-refractivity contribution in [1.82, 2.24) is 9.80 Å². The van der Waals surface area contributed by atoms with Crippen LogP contribution in [0.15, 0.2) is 35.7 Å². The van der Waals surface area contributed by atoms with Crippen molar-refractivity contribution in [2.45, 2.75) is 32.1 Å².